The van der Waals surface area contributed by atoms with Gasteiger partial charge >= 0.3 is 0 Å². The number of hydrogen-bond acceptors (Lipinski definition) is 6. The SMILES string of the molecule is CCOc1ccc(CNC(=O)c2cc(-c3ccco3)nc3c2c(C)nn3C)cc1OC. The van der Waals surface area contributed by atoms with Gasteiger partial charge in [0.15, 0.2) is 22.9 Å². The summed E-state index contributed by atoms with van der Waals surface area (Å²) in [6.45, 7) is 4.67. The molecular weight excluding hydrogens is 396 g/mol. The summed E-state index contributed by atoms with van der Waals surface area (Å²) in [6.07, 6.45) is 1.58. The number of carbonyl (C=O) groups excluding carboxylic acids is 1. The zero-order chi connectivity index (χ0) is 22.0. The smallest absolute Gasteiger partial charge is 0.252 e. The summed E-state index contributed by atoms with van der Waals surface area (Å²) in [6, 6.07) is 10.9. The van der Waals surface area contributed by atoms with Crippen molar-refractivity contribution < 1.29 is 18.7 Å². The van der Waals surface area contributed by atoms with Gasteiger partial charge in [0.1, 0.15) is 5.69 Å². The minimum atomic E-state index is -0.218. The van der Waals surface area contributed by atoms with Crippen molar-refractivity contribution in [2.75, 3.05) is 13.7 Å². The highest BCUT2D eigenvalue weighted by molar-refractivity contribution is 6.07. The number of carbonyl (C=O) groups is 1. The Balaban J connectivity index is 1.65. The van der Waals surface area contributed by atoms with Crippen LogP contribution in [0.15, 0.2) is 47.1 Å². The molecule has 0 fully saturated rings. The molecule has 0 unspecified atom stereocenters. The van der Waals surface area contributed by atoms with Crippen LogP contribution in [-0.4, -0.2) is 34.4 Å². The second-order valence-electron chi connectivity index (χ2n) is 7.04. The molecule has 1 N–H and O–H groups in total. The summed E-state index contributed by atoms with van der Waals surface area (Å²) in [5, 5.41) is 8.15. The fourth-order valence-electron chi connectivity index (χ4n) is 3.55. The average molecular weight is 420 g/mol. The molecule has 0 aliphatic carbocycles. The van der Waals surface area contributed by atoms with E-state index >= 15 is 0 Å². The molecule has 8 heteroatoms. The van der Waals surface area contributed by atoms with Crippen molar-refractivity contribution in [2.24, 2.45) is 7.05 Å². The van der Waals surface area contributed by atoms with Gasteiger partial charge in [0.25, 0.3) is 5.91 Å². The molecule has 4 rings (SSSR count). The Morgan fingerprint density at radius 3 is 2.77 bits per heavy atom. The zero-order valence-electron chi connectivity index (χ0n) is 17.9. The summed E-state index contributed by atoms with van der Waals surface area (Å²) in [4.78, 5) is 17.8. The number of hydrogen-bond donors (Lipinski definition) is 1. The van der Waals surface area contributed by atoms with Gasteiger partial charge in [0.2, 0.25) is 0 Å². The third-order valence-corrected chi connectivity index (χ3v) is 4.97. The molecule has 1 aromatic carbocycles. The lowest BCUT2D eigenvalue weighted by Gasteiger charge is -2.12. The Morgan fingerprint density at radius 2 is 2.06 bits per heavy atom. The first kappa shape index (κ1) is 20.5. The zero-order valence-corrected chi connectivity index (χ0v) is 17.9. The number of nitrogens with one attached hydrogen (secondary N) is 1. The average Bonchev–Trinajstić information content (AvgIpc) is 3.41. The lowest BCUT2D eigenvalue weighted by Crippen LogP contribution is -2.23. The minimum absolute atomic E-state index is 0.218. The third kappa shape index (κ3) is 3.96. The van der Waals surface area contributed by atoms with Crippen LogP contribution in [0.25, 0.3) is 22.5 Å². The maximum absolute atomic E-state index is 13.2. The first-order chi connectivity index (χ1) is 15.0. The standard InChI is InChI=1S/C23H24N4O4/c1-5-30-19-9-8-15(11-20(19)29-4)13-24-23(28)16-12-17(18-7-6-10-31-18)25-22-21(16)14(2)26-27(22)3/h6-12H,5,13H2,1-4H3,(H,24,28). The van der Waals surface area contributed by atoms with Crippen LogP contribution in [-0.2, 0) is 13.6 Å². The number of methoxy groups -OCH3 is 1. The molecule has 3 heterocycles. The van der Waals surface area contributed by atoms with E-state index in [9.17, 15) is 4.79 Å². The van der Waals surface area contributed by atoms with E-state index in [1.165, 1.54) is 0 Å². The van der Waals surface area contributed by atoms with E-state index in [0.29, 0.717) is 47.3 Å². The molecule has 0 aliphatic heterocycles. The fraction of sp³-hybridized carbons (Fsp3) is 0.261. The highest BCUT2D eigenvalue weighted by atomic mass is 16.5. The van der Waals surface area contributed by atoms with E-state index < -0.39 is 0 Å². The number of fused-ring (bicyclic) bond motifs is 1. The molecule has 31 heavy (non-hydrogen) atoms. The third-order valence-electron chi connectivity index (χ3n) is 4.97. The molecule has 4 aromatic rings. The van der Waals surface area contributed by atoms with Crippen LogP contribution >= 0.6 is 0 Å². The number of aromatic nitrogens is 3. The van der Waals surface area contributed by atoms with Crippen LogP contribution in [0.2, 0.25) is 0 Å². The van der Waals surface area contributed by atoms with Gasteiger partial charge in [-0.25, -0.2) is 4.98 Å². The minimum Gasteiger partial charge on any atom is -0.493 e. The largest absolute Gasteiger partial charge is 0.493 e. The number of ether oxygens (including phenoxy) is 2. The van der Waals surface area contributed by atoms with Crippen LogP contribution < -0.4 is 14.8 Å². The molecule has 0 atom stereocenters. The Kier molecular flexibility index (Phi) is 5.62. The van der Waals surface area contributed by atoms with E-state index in [4.69, 9.17) is 13.9 Å². The molecule has 0 bridgehead atoms. The number of nitrogens with zero attached hydrogens (tertiary/aromatic N) is 3. The molecule has 3 aromatic heterocycles. The maximum Gasteiger partial charge on any atom is 0.252 e. The van der Waals surface area contributed by atoms with E-state index in [2.05, 4.69) is 15.4 Å². The molecule has 1 amide bonds. The summed E-state index contributed by atoms with van der Waals surface area (Å²) < 4.78 is 18.1. The highest BCUT2D eigenvalue weighted by Gasteiger charge is 2.20. The number of pyridine rings is 1. The maximum atomic E-state index is 13.2. The van der Waals surface area contributed by atoms with Gasteiger partial charge in [-0.2, -0.15) is 5.10 Å². The summed E-state index contributed by atoms with van der Waals surface area (Å²) in [5.41, 5.74) is 3.34. The summed E-state index contributed by atoms with van der Waals surface area (Å²) in [7, 11) is 3.40. The second kappa shape index (κ2) is 8.51. The van der Waals surface area contributed by atoms with Crippen LogP contribution in [0.3, 0.4) is 0 Å². The fourth-order valence-corrected chi connectivity index (χ4v) is 3.55. The van der Waals surface area contributed by atoms with E-state index in [1.807, 2.05) is 45.2 Å². The number of furan rings is 1. The Labute approximate surface area is 179 Å². The monoisotopic (exact) mass is 420 g/mol. The van der Waals surface area contributed by atoms with E-state index in [-0.39, 0.29) is 5.91 Å². The van der Waals surface area contributed by atoms with E-state index in [0.717, 1.165) is 16.6 Å². The topological polar surface area (TPSA) is 91.4 Å². The van der Waals surface area contributed by atoms with Crippen molar-refractivity contribution in [1.82, 2.24) is 20.1 Å². The lowest BCUT2D eigenvalue weighted by atomic mass is 10.1. The number of rotatable bonds is 7. The Hall–Kier alpha value is -3.81. The lowest BCUT2D eigenvalue weighted by molar-refractivity contribution is 0.0952. The first-order valence-electron chi connectivity index (χ1n) is 9.98. The Bertz CT molecular complexity index is 1230. The molecule has 0 saturated heterocycles. The normalized spacial score (nSPS) is 11.0. The van der Waals surface area contributed by atoms with Crippen LogP contribution in [0, 0.1) is 6.92 Å². The van der Waals surface area contributed by atoms with Crippen molar-refractivity contribution in [1.29, 1.82) is 0 Å². The van der Waals surface area contributed by atoms with Crippen molar-refractivity contribution in [3.63, 3.8) is 0 Å². The molecule has 0 spiro atoms. The molecule has 0 aliphatic rings. The number of amides is 1. The first-order valence-corrected chi connectivity index (χ1v) is 9.98. The predicted molar refractivity (Wildman–Crippen MR) is 116 cm³/mol. The van der Waals surface area contributed by atoms with Crippen LogP contribution in [0.5, 0.6) is 11.5 Å². The van der Waals surface area contributed by atoms with Gasteiger partial charge in [-0.1, -0.05) is 6.07 Å². The molecular formula is C23H24N4O4. The van der Waals surface area contributed by atoms with Crippen LogP contribution in [0.4, 0.5) is 0 Å². The molecule has 8 nitrogen and oxygen atoms in total. The summed E-state index contributed by atoms with van der Waals surface area (Å²) in [5.74, 6) is 1.67. The quantitative estimate of drug-likeness (QED) is 0.488. The van der Waals surface area contributed by atoms with Crippen LogP contribution in [0.1, 0.15) is 28.5 Å². The van der Waals surface area contributed by atoms with E-state index in [1.54, 1.807) is 30.2 Å². The molecule has 160 valence electrons. The number of aryl methyl sites for hydroxylation is 2. The number of benzene rings is 1. The van der Waals surface area contributed by atoms with Gasteiger partial charge in [-0.15, -0.1) is 0 Å². The van der Waals surface area contributed by atoms with Crippen molar-refractivity contribution in [3.05, 3.63) is 59.5 Å². The molecule has 0 radical (unpaired) electrons. The highest BCUT2D eigenvalue weighted by Crippen LogP contribution is 2.29. The van der Waals surface area contributed by atoms with Crippen molar-refractivity contribution >= 4 is 16.9 Å². The molecule has 0 saturated carbocycles. The van der Waals surface area contributed by atoms with Crippen molar-refractivity contribution in [2.45, 2.75) is 20.4 Å². The predicted octanol–water partition coefficient (Wildman–Crippen LogP) is 3.87. The van der Waals surface area contributed by atoms with Crippen molar-refractivity contribution in [3.8, 4) is 23.0 Å². The van der Waals surface area contributed by atoms with Gasteiger partial charge in [-0.3, -0.25) is 9.48 Å². The van der Waals surface area contributed by atoms with Gasteiger partial charge < -0.3 is 19.2 Å². The van der Waals surface area contributed by atoms with Gasteiger partial charge in [-0.05, 0) is 49.7 Å². The second-order valence-corrected chi connectivity index (χ2v) is 7.04. The Morgan fingerprint density at radius 1 is 1.23 bits per heavy atom. The van der Waals surface area contributed by atoms with Gasteiger partial charge in [0, 0.05) is 13.6 Å². The van der Waals surface area contributed by atoms with Gasteiger partial charge in [0.05, 0.1) is 36.6 Å². The summed E-state index contributed by atoms with van der Waals surface area (Å²) >= 11 is 0.